The van der Waals surface area contributed by atoms with E-state index in [1.165, 1.54) is 0 Å². The van der Waals surface area contributed by atoms with Gasteiger partial charge in [0.1, 0.15) is 5.69 Å². The first kappa shape index (κ1) is 12.5. The van der Waals surface area contributed by atoms with E-state index in [0.717, 1.165) is 0 Å². The van der Waals surface area contributed by atoms with Gasteiger partial charge in [0.25, 0.3) is 0 Å². The van der Waals surface area contributed by atoms with Crippen LogP contribution in [0.1, 0.15) is 18.5 Å². The van der Waals surface area contributed by atoms with Gasteiger partial charge in [0.2, 0.25) is 11.8 Å². The van der Waals surface area contributed by atoms with Crippen LogP contribution in [0.5, 0.6) is 0 Å². The fraction of sp³-hybridized carbons (Fsp3) is 0.600. The summed E-state index contributed by atoms with van der Waals surface area (Å²) in [5.41, 5.74) is 5.69. The zero-order valence-corrected chi connectivity index (χ0v) is 10.0. The number of aliphatic hydroxyl groups excluding tert-OH is 1. The second-order valence-electron chi connectivity index (χ2n) is 4.31. The standard InChI is InChI=1S/C10H15N5O3/c1-6-8(15(17)18)9(13-10(11)12-6)14-4-2-7(16)3-5-14/h7,16H,2-5H2,1H3,(H2,11,12,13). The summed E-state index contributed by atoms with van der Waals surface area (Å²) >= 11 is 0. The third-order valence-corrected chi connectivity index (χ3v) is 3.00. The van der Waals surface area contributed by atoms with Crippen molar-refractivity contribution < 1.29 is 10.0 Å². The summed E-state index contributed by atoms with van der Waals surface area (Å²) in [6, 6.07) is 0. The van der Waals surface area contributed by atoms with Gasteiger partial charge in [-0.25, -0.2) is 4.98 Å². The average molecular weight is 253 g/mol. The quantitative estimate of drug-likeness (QED) is 0.572. The molecule has 8 heteroatoms. The molecule has 0 unspecified atom stereocenters. The molecule has 2 heterocycles. The van der Waals surface area contributed by atoms with E-state index in [1.54, 1.807) is 11.8 Å². The fourth-order valence-corrected chi connectivity index (χ4v) is 2.08. The summed E-state index contributed by atoms with van der Waals surface area (Å²) in [5, 5.41) is 20.5. The topological polar surface area (TPSA) is 118 Å². The Hall–Kier alpha value is -1.96. The highest BCUT2D eigenvalue weighted by Gasteiger charge is 2.28. The maximum absolute atomic E-state index is 11.1. The van der Waals surface area contributed by atoms with Gasteiger partial charge in [0, 0.05) is 13.1 Å². The van der Waals surface area contributed by atoms with Crippen LogP contribution in [0.2, 0.25) is 0 Å². The zero-order valence-electron chi connectivity index (χ0n) is 10.0. The summed E-state index contributed by atoms with van der Waals surface area (Å²) in [6.45, 7) is 2.59. The molecule has 1 aliphatic rings. The van der Waals surface area contributed by atoms with Crippen LogP contribution >= 0.6 is 0 Å². The largest absolute Gasteiger partial charge is 0.393 e. The molecule has 1 saturated heterocycles. The number of aromatic nitrogens is 2. The molecule has 98 valence electrons. The van der Waals surface area contributed by atoms with Crippen molar-refractivity contribution in [1.29, 1.82) is 0 Å². The van der Waals surface area contributed by atoms with E-state index in [-0.39, 0.29) is 29.3 Å². The van der Waals surface area contributed by atoms with Crippen molar-refractivity contribution >= 4 is 17.5 Å². The van der Waals surface area contributed by atoms with E-state index >= 15 is 0 Å². The van der Waals surface area contributed by atoms with Crippen LogP contribution in [0.25, 0.3) is 0 Å². The van der Waals surface area contributed by atoms with Crippen LogP contribution in [0.15, 0.2) is 0 Å². The van der Waals surface area contributed by atoms with Gasteiger partial charge < -0.3 is 15.7 Å². The normalized spacial score (nSPS) is 16.9. The molecule has 2 rings (SSSR count). The first-order valence-electron chi connectivity index (χ1n) is 5.70. The van der Waals surface area contributed by atoms with E-state index in [4.69, 9.17) is 5.73 Å². The molecular weight excluding hydrogens is 238 g/mol. The summed E-state index contributed by atoms with van der Waals surface area (Å²) in [7, 11) is 0. The summed E-state index contributed by atoms with van der Waals surface area (Å²) in [4.78, 5) is 20.1. The number of nitro groups is 1. The smallest absolute Gasteiger partial charge is 0.332 e. The Labute approximate surface area is 104 Å². The average Bonchev–Trinajstić information content (AvgIpc) is 2.28. The van der Waals surface area contributed by atoms with E-state index in [2.05, 4.69) is 9.97 Å². The number of hydrogen-bond donors (Lipinski definition) is 2. The molecule has 8 nitrogen and oxygen atoms in total. The number of rotatable bonds is 2. The highest BCUT2D eigenvalue weighted by Crippen LogP contribution is 2.30. The molecule has 0 amide bonds. The summed E-state index contributed by atoms with van der Waals surface area (Å²) < 4.78 is 0. The summed E-state index contributed by atoms with van der Waals surface area (Å²) in [6.07, 6.45) is 0.792. The molecule has 1 aromatic rings. The Balaban J connectivity index is 2.39. The van der Waals surface area contributed by atoms with Gasteiger partial charge in [-0.1, -0.05) is 0 Å². The van der Waals surface area contributed by atoms with Crippen molar-refractivity contribution in [1.82, 2.24) is 9.97 Å². The van der Waals surface area contributed by atoms with Crippen molar-refractivity contribution in [3.63, 3.8) is 0 Å². The maximum atomic E-state index is 11.1. The third kappa shape index (κ3) is 2.33. The van der Waals surface area contributed by atoms with E-state index < -0.39 is 4.92 Å². The second-order valence-corrected chi connectivity index (χ2v) is 4.31. The molecule has 1 aromatic heterocycles. The molecule has 0 saturated carbocycles. The minimum Gasteiger partial charge on any atom is -0.393 e. The Bertz CT molecular complexity index is 471. The molecule has 0 aromatic carbocycles. The molecule has 0 spiro atoms. The Kier molecular flexibility index (Phi) is 3.28. The lowest BCUT2D eigenvalue weighted by Crippen LogP contribution is -2.37. The number of nitrogen functional groups attached to an aromatic ring is 1. The van der Waals surface area contributed by atoms with E-state index in [9.17, 15) is 15.2 Å². The highest BCUT2D eigenvalue weighted by molar-refractivity contribution is 5.62. The molecule has 18 heavy (non-hydrogen) atoms. The van der Waals surface area contributed by atoms with Crippen LogP contribution < -0.4 is 10.6 Å². The number of anilines is 2. The van der Waals surface area contributed by atoms with Gasteiger partial charge in [0.05, 0.1) is 11.0 Å². The fourth-order valence-electron chi connectivity index (χ4n) is 2.08. The van der Waals surface area contributed by atoms with Gasteiger partial charge in [-0.3, -0.25) is 10.1 Å². The Morgan fingerprint density at radius 2 is 2.06 bits per heavy atom. The molecule has 0 bridgehead atoms. The number of aliphatic hydroxyl groups is 1. The van der Waals surface area contributed by atoms with Gasteiger partial charge in [-0.15, -0.1) is 0 Å². The van der Waals surface area contributed by atoms with Gasteiger partial charge in [-0.05, 0) is 19.8 Å². The monoisotopic (exact) mass is 253 g/mol. The molecule has 3 N–H and O–H groups in total. The number of hydrogen-bond acceptors (Lipinski definition) is 7. The van der Waals surface area contributed by atoms with Crippen molar-refractivity contribution in [2.45, 2.75) is 25.9 Å². The van der Waals surface area contributed by atoms with Crippen molar-refractivity contribution in [2.75, 3.05) is 23.7 Å². The number of piperidine rings is 1. The number of nitrogens with zero attached hydrogens (tertiary/aromatic N) is 4. The highest BCUT2D eigenvalue weighted by atomic mass is 16.6. The SMILES string of the molecule is Cc1nc(N)nc(N2CCC(O)CC2)c1[N+](=O)[O-]. The van der Waals surface area contributed by atoms with Crippen LogP contribution in [-0.2, 0) is 0 Å². The van der Waals surface area contributed by atoms with Gasteiger partial charge in [0.15, 0.2) is 0 Å². The Morgan fingerprint density at radius 3 is 2.61 bits per heavy atom. The van der Waals surface area contributed by atoms with Crippen LogP contribution in [0.3, 0.4) is 0 Å². The molecule has 1 aliphatic heterocycles. The molecule has 0 atom stereocenters. The van der Waals surface area contributed by atoms with Crippen molar-refractivity contribution in [3.05, 3.63) is 15.8 Å². The predicted octanol–water partition coefficient (Wildman–Crippen LogP) is 0.237. The van der Waals surface area contributed by atoms with E-state index in [0.29, 0.717) is 25.9 Å². The van der Waals surface area contributed by atoms with Crippen molar-refractivity contribution in [2.24, 2.45) is 0 Å². The lowest BCUT2D eigenvalue weighted by Gasteiger charge is -2.30. The van der Waals surface area contributed by atoms with Crippen molar-refractivity contribution in [3.8, 4) is 0 Å². The maximum Gasteiger partial charge on any atom is 0.332 e. The molecule has 0 aliphatic carbocycles. The van der Waals surface area contributed by atoms with Gasteiger partial charge in [-0.2, -0.15) is 4.98 Å². The minimum absolute atomic E-state index is 0.0271. The molecular formula is C10H15N5O3. The van der Waals surface area contributed by atoms with Crippen LogP contribution in [0.4, 0.5) is 17.5 Å². The lowest BCUT2D eigenvalue weighted by atomic mass is 10.1. The lowest BCUT2D eigenvalue weighted by molar-refractivity contribution is -0.385. The predicted molar refractivity (Wildman–Crippen MR) is 65.3 cm³/mol. The molecule has 0 radical (unpaired) electrons. The van der Waals surface area contributed by atoms with Crippen LogP contribution in [0, 0.1) is 17.0 Å². The first-order valence-corrected chi connectivity index (χ1v) is 5.70. The number of aryl methyl sites for hydroxylation is 1. The summed E-state index contributed by atoms with van der Waals surface area (Å²) in [5.74, 6) is 0.274. The van der Waals surface area contributed by atoms with E-state index in [1.807, 2.05) is 0 Å². The Morgan fingerprint density at radius 1 is 1.44 bits per heavy atom. The zero-order chi connectivity index (χ0) is 13.3. The second kappa shape index (κ2) is 4.73. The van der Waals surface area contributed by atoms with Gasteiger partial charge >= 0.3 is 5.69 Å². The first-order chi connectivity index (χ1) is 8.49. The third-order valence-electron chi connectivity index (χ3n) is 3.00. The molecule has 1 fully saturated rings. The number of nitrogens with two attached hydrogens (primary N) is 1. The minimum atomic E-state index is -0.491. The van der Waals surface area contributed by atoms with Crippen LogP contribution in [-0.4, -0.2) is 39.2 Å².